The van der Waals surface area contributed by atoms with Gasteiger partial charge in [-0.1, -0.05) is 37.3 Å². The van der Waals surface area contributed by atoms with Crippen LogP contribution in [0, 0.1) is 0 Å². The summed E-state index contributed by atoms with van der Waals surface area (Å²) in [6, 6.07) is 9.21. The number of carbonyl (C=O) groups excluding carboxylic acids is 2. The fraction of sp³-hybridized carbons (Fsp3) is 0.389. The number of aromatic nitrogens is 2. The van der Waals surface area contributed by atoms with Crippen LogP contribution < -0.4 is 5.32 Å². The molecule has 0 aliphatic heterocycles. The lowest BCUT2D eigenvalue weighted by Gasteiger charge is -2.22. The van der Waals surface area contributed by atoms with E-state index in [9.17, 15) is 9.59 Å². The number of hydrogen-bond donors (Lipinski definition) is 2. The molecule has 0 spiro atoms. The molecule has 7 nitrogen and oxygen atoms in total. The predicted octanol–water partition coefficient (Wildman–Crippen LogP) is 1.13. The van der Waals surface area contributed by atoms with Crippen LogP contribution in [0.3, 0.4) is 0 Å². The molecule has 2 rings (SSSR count). The van der Waals surface area contributed by atoms with Gasteiger partial charge in [0.05, 0.1) is 20.0 Å². The van der Waals surface area contributed by atoms with Gasteiger partial charge in [0.1, 0.15) is 6.04 Å². The topological polar surface area (TPSA) is 87.3 Å². The minimum atomic E-state index is -0.742. The largest absolute Gasteiger partial charge is 0.467 e. The fourth-order valence-electron chi connectivity index (χ4n) is 2.52. The quantitative estimate of drug-likeness (QED) is 0.666. The number of aromatic amines is 1. The Hall–Kier alpha value is -2.67. The van der Waals surface area contributed by atoms with Crippen LogP contribution in [0.15, 0.2) is 42.9 Å². The molecule has 0 aliphatic carbocycles. The predicted molar refractivity (Wildman–Crippen MR) is 93.6 cm³/mol. The average Bonchev–Trinajstić information content (AvgIpc) is 3.13. The van der Waals surface area contributed by atoms with Crippen molar-refractivity contribution in [3.8, 4) is 0 Å². The molecule has 0 bridgehead atoms. The summed E-state index contributed by atoms with van der Waals surface area (Å²) in [6.45, 7) is 3.61. The minimum Gasteiger partial charge on any atom is -0.467 e. The second kappa shape index (κ2) is 9.58. The number of carbonyl (C=O) groups is 2. The summed E-state index contributed by atoms with van der Waals surface area (Å²) in [6.07, 6.45) is 3.46. The van der Waals surface area contributed by atoms with Crippen LogP contribution in [0.5, 0.6) is 0 Å². The number of methoxy groups -OCH3 is 1. The number of H-pyrrole nitrogens is 1. The average molecular weight is 344 g/mol. The van der Waals surface area contributed by atoms with Gasteiger partial charge in [-0.15, -0.1) is 0 Å². The van der Waals surface area contributed by atoms with Crippen LogP contribution >= 0.6 is 0 Å². The van der Waals surface area contributed by atoms with E-state index in [1.54, 1.807) is 6.20 Å². The Morgan fingerprint density at radius 3 is 2.68 bits per heavy atom. The highest BCUT2D eigenvalue weighted by atomic mass is 16.5. The van der Waals surface area contributed by atoms with Gasteiger partial charge in [0.2, 0.25) is 5.91 Å². The molecule has 25 heavy (non-hydrogen) atoms. The molecule has 1 aromatic heterocycles. The number of esters is 1. The van der Waals surface area contributed by atoms with Crippen molar-refractivity contribution in [2.24, 2.45) is 0 Å². The van der Waals surface area contributed by atoms with E-state index >= 15 is 0 Å². The maximum atomic E-state index is 12.4. The van der Waals surface area contributed by atoms with Crippen LogP contribution in [0.4, 0.5) is 0 Å². The van der Waals surface area contributed by atoms with Gasteiger partial charge in [0, 0.05) is 24.9 Å². The smallest absolute Gasteiger partial charge is 0.328 e. The monoisotopic (exact) mass is 344 g/mol. The van der Waals surface area contributed by atoms with Crippen LogP contribution in [0.2, 0.25) is 0 Å². The van der Waals surface area contributed by atoms with Gasteiger partial charge in [-0.25, -0.2) is 9.78 Å². The third-order valence-corrected chi connectivity index (χ3v) is 3.86. The van der Waals surface area contributed by atoms with E-state index in [1.165, 1.54) is 13.4 Å². The van der Waals surface area contributed by atoms with Gasteiger partial charge >= 0.3 is 5.97 Å². The highest BCUT2D eigenvalue weighted by molar-refractivity contribution is 5.85. The van der Waals surface area contributed by atoms with E-state index in [1.807, 2.05) is 42.2 Å². The number of likely N-dealkylation sites (N-methyl/N-ethyl adjacent to an activating group) is 1. The van der Waals surface area contributed by atoms with E-state index in [2.05, 4.69) is 15.3 Å². The fourth-order valence-corrected chi connectivity index (χ4v) is 2.52. The SMILES string of the molecule is CCN(CC(=O)N[C@H](Cc1cnc[nH]1)C(=O)OC)Cc1ccccc1. The van der Waals surface area contributed by atoms with Crippen LogP contribution in [-0.4, -0.2) is 53.0 Å². The molecular weight excluding hydrogens is 320 g/mol. The van der Waals surface area contributed by atoms with Crippen LogP contribution in [-0.2, 0) is 27.3 Å². The zero-order chi connectivity index (χ0) is 18.1. The van der Waals surface area contributed by atoms with Crippen molar-refractivity contribution in [1.82, 2.24) is 20.2 Å². The summed E-state index contributed by atoms with van der Waals surface area (Å²) >= 11 is 0. The number of rotatable bonds is 9. The van der Waals surface area contributed by atoms with E-state index in [-0.39, 0.29) is 12.5 Å². The first-order chi connectivity index (χ1) is 12.1. The molecule has 2 N–H and O–H groups in total. The summed E-state index contributed by atoms with van der Waals surface area (Å²) < 4.78 is 4.79. The van der Waals surface area contributed by atoms with Crippen molar-refractivity contribution < 1.29 is 14.3 Å². The van der Waals surface area contributed by atoms with Crippen molar-refractivity contribution >= 4 is 11.9 Å². The molecule has 0 radical (unpaired) electrons. The zero-order valence-corrected chi connectivity index (χ0v) is 14.6. The molecule has 0 saturated heterocycles. The summed E-state index contributed by atoms with van der Waals surface area (Å²) in [5.41, 5.74) is 1.89. The van der Waals surface area contributed by atoms with E-state index in [4.69, 9.17) is 4.74 Å². The molecule has 0 saturated carbocycles. The minimum absolute atomic E-state index is 0.210. The molecule has 0 aliphatic rings. The number of amides is 1. The second-order valence-corrected chi connectivity index (χ2v) is 5.71. The third-order valence-electron chi connectivity index (χ3n) is 3.86. The first-order valence-electron chi connectivity index (χ1n) is 8.23. The molecule has 0 fully saturated rings. The molecule has 0 unspecified atom stereocenters. The molecule has 1 atom stereocenters. The van der Waals surface area contributed by atoms with Crippen molar-refractivity contribution in [2.45, 2.75) is 25.9 Å². The lowest BCUT2D eigenvalue weighted by atomic mass is 10.1. The third kappa shape index (κ3) is 6.04. The first-order valence-corrected chi connectivity index (χ1v) is 8.23. The van der Waals surface area contributed by atoms with Crippen LogP contribution in [0.1, 0.15) is 18.2 Å². The highest BCUT2D eigenvalue weighted by Gasteiger charge is 2.23. The number of ether oxygens (including phenoxy) is 1. The van der Waals surface area contributed by atoms with Gasteiger partial charge in [-0.05, 0) is 12.1 Å². The highest BCUT2D eigenvalue weighted by Crippen LogP contribution is 2.05. The van der Waals surface area contributed by atoms with Crippen molar-refractivity contribution in [3.63, 3.8) is 0 Å². The van der Waals surface area contributed by atoms with Crippen molar-refractivity contribution in [3.05, 3.63) is 54.1 Å². The zero-order valence-electron chi connectivity index (χ0n) is 14.6. The molecular formula is C18H24N4O3. The maximum absolute atomic E-state index is 12.4. The molecule has 1 aromatic carbocycles. The Bertz CT molecular complexity index is 658. The lowest BCUT2D eigenvalue weighted by molar-refractivity contribution is -0.145. The summed E-state index contributed by atoms with van der Waals surface area (Å²) in [4.78, 5) is 33.2. The second-order valence-electron chi connectivity index (χ2n) is 5.71. The number of nitrogens with one attached hydrogen (secondary N) is 2. The Morgan fingerprint density at radius 2 is 2.08 bits per heavy atom. The normalized spacial score (nSPS) is 12.0. The Kier molecular flexibility index (Phi) is 7.16. The van der Waals surface area contributed by atoms with Gasteiger partial charge in [0.15, 0.2) is 0 Å². The Morgan fingerprint density at radius 1 is 1.32 bits per heavy atom. The molecule has 1 amide bonds. The summed E-state index contributed by atoms with van der Waals surface area (Å²) in [5, 5.41) is 2.75. The van der Waals surface area contributed by atoms with Gasteiger partial charge in [-0.2, -0.15) is 0 Å². The van der Waals surface area contributed by atoms with Gasteiger partial charge in [0.25, 0.3) is 0 Å². The number of imidazole rings is 1. The van der Waals surface area contributed by atoms with Crippen molar-refractivity contribution in [1.29, 1.82) is 0 Å². The van der Waals surface area contributed by atoms with Crippen LogP contribution in [0.25, 0.3) is 0 Å². The molecule has 1 heterocycles. The number of benzene rings is 1. The summed E-state index contributed by atoms with van der Waals surface area (Å²) in [5.74, 6) is -0.693. The number of nitrogens with zero attached hydrogens (tertiary/aromatic N) is 2. The standard InChI is InChI=1S/C18H24N4O3/c1-3-22(11-14-7-5-4-6-8-14)12-17(23)21-16(18(24)25-2)9-15-10-19-13-20-15/h4-8,10,13,16H,3,9,11-12H2,1-2H3,(H,19,20)(H,21,23)/t16-/m1/s1. The first kappa shape index (κ1) is 18.7. The van der Waals surface area contributed by atoms with Gasteiger partial charge in [-0.3, -0.25) is 9.69 Å². The Labute approximate surface area is 147 Å². The van der Waals surface area contributed by atoms with E-state index in [0.29, 0.717) is 13.0 Å². The lowest BCUT2D eigenvalue weighted by Crippen LogP contribution is -2.47. The molecule has 2 aromatic rings. The molecule has 7 heteroatoms. The maximum Gasteiger partial charge on any atom is 0.328 e. The van der Waals surface area contributed by atoms with E-state index in [0.717, 1.165) is 17.8 Å². The van der Waals surface area contributed by atoms with E-state index < -0.39 is 12.0 Å². The molecule has 134 valence electrons. The van der Waals surface area contributed by atoms with Gasteiger partial charge < -0.3 is 15.0 Å². The Balaban J connectivity index is 1.93. The summed E-state index contributed by atoms with van der Waals surface area (Å²) in [7, 11) is 1.31. The van der Waals surface area contributed by atoms with Crippen molar-refractivity contribution in [2.75, 3.05) is 20.2 Å². The number of hydrogen-bond acceptors (Lipinski definition) is 5.